The number of esters is 1. The minimum atomic E-state index is -0.381. The molecule has 24 heavy (non-hydrogen) atoms. The van der Waals surface area contributed by atoms with Crippen molar-refractivity contribution >= 4 is 17.6 Å². The summed E-state index contributed by atoms with van der Waals surface area (Å²) in [7, 11) is 1.35. The number of nitriles is 1. The van der Waals surface area contributed by atoms with Gasteiger partial charge in [-0.25, -0.2) is 4.79 Å². The second-order valence-electron chi connectivity index (χ2n) is 5.15. The van der Waals surface area contributed by atoms with Crippen molar-refractivity contribution in [3.8, 4) is 22.9 Å². The fourth-order valence-corrected chi connectivity index (χ4v) is 2.57. The first-order valence-corrected chi connectivity index (χ1v) is 7.57. The summed E-state index contributed by atoms with van der Waals surface area (Å²) in [6.45, 7) is 0. The van der Waals surface area contributed by atoms with E-state index in [-0.39, 0.29) is 5.97 Å². The number of rotatable bonds is 3. The summed E-state index contributed by atoms with van der Waals surface area (Å²) >= 11 is 5.92. The molecule has 118 valence electrons. The number of halogens is 1. The molecule has 3 aromatic rings. The minimum absolute atomic E-state index is 0.381. The standard InChI is InChI=1S/C19H13ClN2O2/c1-24-19(23)14-4-8-17(9-5-14)22-11-15(10-21)18(12-22)13-2-6-16(20)7-3-13/h2-9,11-12H,1H3. The summed E-state index contributed by atoms with van der Waals surface area (Å²) in [6, 6.07) is 16.5. The van der Waals surface area contributed by atoms with Gasteiger partial charge >= 0.3 is 5.97 Å². The molecule has 0 atom stereocenters. The van der Waals surface area contributed by atoms with Crippen LogP contribution in [0.25, 0.3) is 16.8 Å². The number of benzene rings is 2. The predicted molar refractivity (Wildman–Crippen MR) is 92.3 cm³/mol. The van der Waals surface area contributed by atoms with E-state index in [9.17, 15) is 10.1 Å². The van der Waals surface area contributed by atoms with E-state index in [1.807, 2.05) is 22.9 Å². The van der Waals surface area contributed by atoms with E-state index in [0.717, 1.165) is 16.8 Å². The van der Waals surface area contributed by atoms with Gasteiger partial charge in [-0.15, -0.1) is 0 Å². The van der Waals surface area contributed by atoms with Gasteiger partial charge in [0, 0.05) is 28.7 Å². The number of ether oxygens (including phenoxy) is 1. The monoisotopic (exact) mass is 336 g/mol. The number of methoxy groups -OCH3 is 1. The fourth-order valence-electron chi connectivity index (χ4n) is 2.44. The topological polar surface area (TPSA) is 55.0 Å². The van der Waals surface area contributed by atoms with Gasteiger partial charge in [0.1, 0.15) is 6.07 Å². The normalized spacial score (nSPS) is 10.2. The quantitative estimate of drug-likeness (QED) is 0.664. The Morgan fingerprint density at radius 1 is 1.08 bits per heavy atom. The number of aromatic nitrogens is 1. The highest BCUT2D eigenvalue weighted by atomic mass is 35.5. The Hall–Kier alpha value is -3.03. The Bertz CT molecular complexity index is 919. The Labute approximate surface area is 144 Å². The van der Waals surface area contributed by atoms with Crippen LogP contribution in [0.3, 0.4) is 0 Å². The average Bonchev–Trinajstić information content (AvgIpc) is 3.06. The lowest BCUT2D eigenvalue weighted by molar-refractivity contribution is 0.0601. The average molecular weight is 337 g/mol. The van der Waals surface area contributed by atoms with Gasteiger partial charge in [0.05, 0.1) is 18.2 Å². The number of carbonyl (C=O) groups excluding carboxylic acids is 1. The van der Waals surface area contributed by atoms with Crippen LogP contribution in [0, 0.1) is 11.3 Å². The van der Waals surface area contributed by atoms with Gasteiger partial charge in [-0.3, -0.25) is 0 Å². The van der Waals surface area contributed by atoms with Gasteiger partial charge in [0.25, 0.3) is 0 Å². The van der Waals surface area contributed by atoms with E-state index in [4.69, 9.17) is 16.3 Å². The third-order valence-corrected chi connectivity index (χ3v) is 3.94. The van der Waals surface area contributed by atoms with E-state index in [1.54, 1.807) is 42.6 Å². The zero-order chi connectivity index (χ0) is 17.1. The largest absolute Gasteiger partial charge is 0.465 e. The van der Waals surface area contributed by atoms with Crippen LogP contribution in [0.5, 0.6) is 0 Å². The number of hydrogen-bond acceptors (Lipinski definition) is 3. The van der Waals surface area contributed by atoms with Crippen LogP contribution < -0.4 is 0 Å². The molecular weight excluding hydrogens is 324 g/mol. The lowest BCUT2D eigenvalue weighted by Crippen LogP contribution is -2.01. The second-order valence-corrected chi connectivity index (χ2v) is 5.59. The molecule has 0 aliphatic heterocycles. The molecule has 0 spiro atoms. The first-order valence-electron chi connectivity index (χ1n) is 7.19. The highest BCUT2D eigenvalue weighted by Crippen LogP contribution is 2.27. The number of carbonyl (C=O) groups is 1. The molecule has 0 bridgehead atoms. The predicted octanol–water partition coefficient (Wildman–Crippen LogP) is 4.46. The zero-order valence-electron chi connectivity index (χ0n) is 12.9. The van der Waals surface area contributed by atoms with E-state index in [0.29, 0.717) is 16.1 Å². The molecule has 1 aromatic heterocycles. The Morgan fingerprint density at radius 3 is 2.33 bits per heavy atom. The first kappa shape index (κ1) is 15.9. The van der Waals surface area contributed by atoms with Crippen molar-refractivity contribution < 1.29 is 9.53 Å². The van der Waals surface area contributed by atoms with Crippen LogP contribution in [0.2, 0.25) is 5.02 Å². The van der Waals surface area contributed by atoms with E-state index in [2.05, 4.69) is 6.07 Å². The number of hydrogen-bond donors (Lipinski definition) is 0. The van der Waals surface area contributed by atoms with Gasteiger partial charge in [0.2, 0.25) is 0 Å². The molecule has 0 aliphatic rings. The van der Waals surface area contributed by atoms with Crippen molar-refractivity contribution in [2.45, 2.75) is 0 Å². The molecule has 2 aromatic carbocycles. The molecule has 3 rings (SSSR count). The maximum atomic E-state index is 11.5. The molecule has 1 heterocycles. The van der Waals surface area contributed by atoms with Crippen LogP contribution >= 0.6 is 11.6 Å². The lowest BCUT2D eigenvalue weighted by Gasteiger charge is -2.04. The molecule has 5 heteroatoms. The van der Waals surface area contributed by atoms with Gasteiger partial charge < -0.3 is 9.30 Å². The third kappa shape index (κ3) is 3.03. The highest BCUT2D eigenvalue weighted by molar-refractivity contribution is 6.30. The summed E-state index contributed by atoms with van der Waals surface area (Å²) in [5.74, 6) is -0.381. The molecule has 4 nitrogen and oxygen atoms in total. The van der Waals surface area contributed by atoms with Crippen molar-refractivity contribution in [2.24, 2.45) is 0 Å². The SMILES string of the molecule is COC(=O)c1ccc(-n2cc(C#N)c(-c3ccc(Cl)cc3)c2)cc1. The molecule has 0 N–H and O–H groups in total. The van der Waals surface area contributed by atoms with Crippen LogP contribution in [0.15, 0.2) is 60.9 Å². The van der Waals surface area contributed by atoms with Gasteiger partial charge in [-0.2, -0.15) is 5.26 Å². The van der Waals surface area contributed by atoms with Crippen LogP contribution in [-0.2, 0) is 4.74 Å². The highest BCUT2D eigenvalue weighted by Gasteiger charge is 2.11. The van der Waals surface area contributed by atoms with Gasteiger partial charge in [-0.05, 0) is 42.0 Å². The summed E-state index contributed by atoms with van der Waals surface area (Å²) in [5.41, 5.74) is 3.63. The molecule has 0 saturated heterocycles. The zero-order valence-corrected chi connectivity index (χ0v) is 13.6. The minimum Gasteiger partial charge on any atom is -0.465 e. The fraction of sp³-hybridized carbons (Fsp3) is 0.0526. The van der Waals surface area contributed by atoms with E-state index in [1.165, 1.54) is 7.11 Å². The third-order valence-electron chi connectivity index (χ3n) is 3.69. The smallest absolute Gasteiger partial charge is 0.337 e. The molecule has 0 saturated carbocycles. The second kappa shape index (κ2) is 6.61. The van der Waals surface area contributed by atoms with E-state index >= 15 is 0 Å². The van der Waals surface area contributed by atoms with Crippen molar-refractivity contribution in [1.82, 2.24) is 4.57 Å². The Kier molecular flexibility index (Phi) is 4.37. The van der Waals surface area contributed by atoms with Crippen molar-refractivity contribution in [3.63, 3.8) is 0 Å². The number of nitrogens with zero attached hydrogens (tertiary/aromatic N) is 2. The molecular formula is C19H13ClN2O2. The maximum absolute atomic E-state index is 11.5. The lowest BCUT2D eigenvalue weighted by atomic mass is 10.1. The molecule has 0 aliphatic carbocycles. The summed E-state index contributed by atoms with van der Waals surface area (Å²) in [6.07, 6.45) is 3.64. The van der Waals surface area contributed by atoms with Crippen molar-refractivity contribution in [2.75, 3.05) is 7.11 Å². The summed E-state index contributed by atoms with van der Waals surface area (Å²) < 4.78 is 6.54. The molecule has 0 amide bonds. The molecule has 0 fully saturated rings. The van der Waals surface area contributed by atoms with Gasteiger partial charge in [-0.1, -0.05) is 23.7 Å². The van der Waals surface area contributed by atoms with Gasteiger partial charge in [0.15, 0.2) is 0 Å². The summed E-state index contributed by atoms with van der Waals surface area (Å²) in [4.78, 5) is 11.5. The Balaban J connectivity index is 1.99. The van der Waals surface area contributed by atoms with Crippen molar-refractivity contribution in [1.29, 1.82) is 5.26 Å². The first-order chi connectivity index (χ1) is 11.6. The Morgan fingerprint density at radius 2 is 1.75 bits per heavy atom. The van der Waals surface area contributed by atoms with E-state index < -0.39 is 0 Å². The van der Waals surface area contributed by atoms with Crippen LogP contribution in [-0.4, -0.2) is 17.6 Å². The van der Waals surface area contributed by atoms with Crippen molar-refractivity contribution in [3.05, 3.63) is 77.1 Å². The van der Waals surface area contributed by atoms with Crippen LogP contribution in [0.1, 0.15) is 15.9 Å². The molecule has 0 radical (unpaired) electrons. The maximum Gasteiger partial charge on any atom is 0.337 e. The van der Waals surface area contributed by atoms with Crippen LogP contribution in [0.4, 0.5) is 0 Å². The molecule has 0 unspecified atom stereocenters. The summed E-state index contributed by atoms with van der Waals surface area (Å²) in [5, 5.41) is 10.0.